The number of H-pyrrole nitrogens is 1. The van der Waals surface area contributed by atoms with Crippen molar-refractivity contribution in [1.82, 2.24) is 9.97 Å². The van der Waals surface area contributed by atoms with E-state index in [2.05, 4.69) is 23.1 Å². The first-order chi connectivity index (χ1) is 7.24. The number of pyridine rings is 1. The second kappa shape index (κ2) is 3.61. The van der Waals surface area contributed by atoms with Crippen LogP contribution in [-0.2, 0) is 4.74 Å². The predicted molar refractivity (Wildman–Crippen MR) is 61.3 cm³/mol. The molecule has 3 heteroatoms. The zero-order chi connectivity index (χ0) is 10.8. The summed E-state index contributed by atoms with van der Waals surface area (Å²) in [4.78, 5) is 7.16. The van der Waals surface area contributed by atoms with Crippen LogP contribution in [0, 0.1) is 0 Å². The second-order valence-electron chi connectivity index (χ2n) is 3.23. The van der Waals surface area contributed by atoms with E-state index in [1.165, 1.54) is 0 Å². The minimum Gasteiger partial charge on any atom is -0.497 e. The predicted octanol–water partition coefficient (Wildman–Crippen LogP) is 2.74. The fraction of sp³-hybridized carbons (Fsp3) is 0.0833. The molecule has 2 rings (SSSR count). The van der Waals surface area contributed by atoms with E-state index in [1.807, 2.05) is 12.3 Å². The molecule has 0 amide bonds. The van der Waals surface area contributed by atoms with Crippen molar-refractivity contribution in [1.29, 1.82) is 0 Å². The number of fused-ring (bicyclic) bond motifs is 1. The van der Waals surface area contributed by atoms with Crippen molar-refractivity contribution in [2.24, 2.45) is 0 Å². The summed E-state index contributed by atoms with van der Waals surface area (Å²) < 4.78 is 5.06. The van der Waals surface area contributed by atoms with E-state index in [0.717, 1.165) is 22.0 Å². The van der Waals surface area contributed by atoms with Gasteiger partial charge in [0.25, 0.3) is 0 Å². The number of rotatable bonds is 3. The Morgan fingerprint density at radius 1 is 1.47 bits per heavy atom. The van der Waals surface area contributed by atoms with Gasteiger partial charge in [0.2, 0.25) is 0 Å². The minimum atomic E-state index is 0.577. The summed E-state index contributed by atoms with van der Waals surface area (Å²) in [6.07, 6.45) is 5.42. The molecule has 0 aliphatic carbocycles. The average Bonchev–Trinajstić information content (AvgIpc) is 2.70. The molecule has 0 bridgehead atoms. The Balaban J connectivity index is 2.53. The maximum absolute atomic E-state index is 5.06. The van der Waals surface area contributed by atoms with Gasteiger partial charge in [-0.25, -0.2) is 0 Å². The molecule has 0 aromatic carbocycles. The SMILES string of the molecule is C=C(OC)C(=C)c1c[nH]c2cnccc12. The van der Waals surface area contributed by atoms with Crippen LogP contribution in [0.5, 0.6) is 0 Å². The number of methoxy groups -OCH3 is 1. The van der Waals surface area contributed by atoms with Gasteiger partial charge in [-0.2, -0.15) is 0 Å². The highest BCUT2D eigenvalue weighted by Crippen LogP contribution is 2.27. The van der Waals surface area contributed by atoms with Crippen LogP contribution in [0.3, 0.4) is 0 Å². The molecule has 0 aliphatic heterocycles. The van der Waals surface area contributed by atoms with Crippen molar-refractivity contribution in [2.75, 3.05) is 7.11 Å². The van der Waals surface area contributed by atoms with E-state index in [1.54, 1.807) is 19.5 Å². The molecule has 3 nitrogen and oxygen atoms in total. The zero-order valence-electron chi connectivity index (χ0n) is 8.58. The molecule has 1 N–H and O–H groups in total. The quantitative estimate of drug-likeness (QED) is 0.611. The van der Waals surface area contributed by atoms with Gasteiger partial charge >= 0.3 is 0 Å². The van der Waals surface area contributed by atoms with Gasteiger partial charge in [-0.3, -0.25) is 4.98 Å². The van der Waals surface area contributed by atoms with Crippen molar-refractivity contribution in [3.05, 3.63) is 49.1 Å². The molecule has 0 atom stereocenters. The summed E-state index contributed by atoms with van der Waals surface area (Å²) >= 11 is 0. The molecule has 2 aromatic rings. The first-order valence-corrected chi connectivity index (χ1v) is 4.57. The van der Waals surface area contributed by atoms with Crippen molar-refractivity contribution >= 4 is 16.5 Å². The number of nitrogens with zero attached hydrogens (tertiary/aromatic N) is 1. The minimum absolute atomic E-state index is 0.577. The van der Waals surface area contributed by atoms with Gasteiger partial charge < -0.3 is 9.72 Å². The zero-order valence-corrected chi connectivity index (χ0v) is 8.58. The number of aromatic nitrogens is 2. The topological polar surface area (TPSA) is 37.9 Å². The van der Waals surface area contributed by atoms with Gasteiger partial charge in [0.1, 0.15) is 5.76 Å². The Kier molecular flexibility index (Phi) is 2.29. The van der Waals surface area contributed by atoms with Gasteiger partial charge in [-0.05, 0) is 6.07 Å². The lowest BCUT2D eigenvalue weighted by Gasteiger charge is -2.06. The Morgan fingerprint density at radius 2 is 2.27 bits per heavy atom. The van der Waals surface area contributed by atoms with E-state index in [4.69, 9.17) is 4.74 Å². The molecular formula is C12H12N2O. The third-order valence-electron chi connectivity index (χ3n) is 2.39. The number of aromatic amines is 1. The largest absolute Gasteiger partial charge is 0.497 e. The van der Waals surface area contributed by atoms with Crippen LogP contribution in [0.25, 0.3) is 16.5 Å². The highest BCUT2D eigenvalue weighted by molar-refractivity contribution is 5.94. The molecule has 15 heavy (non-hydrogen) atoms. The second-order valence-corrected chi connectivity index (χ2v) is 3.23. The molecule has 0 aliphatic rings. The summed E-state index contributed by atoms with van der Waals surface area (Å²) in [6.45, 7) is 7.74. The van der Waals surface area contributed by atoms with Crippen molar-refractivity contribution in [3.63, 3.8) is 0 Å². The Bertz CT molecular complexity index is 525. The van der Waals surface area contributed by atoms with Gasteiger partial charge in [-0.15, -0.1) is 0 Å². The molecule has 2 heterocycles. The van der Waals surface area contributed by atoms with E-state index >= 15 is 0 Å². The fourth-order valence-corrected chi connectivity index (χ4v) is 1.50. The molecule has 0 radical (unpaired) electrons. The standard InChI is InChI=1S/C12H12N2O/c1-8(9(2)15-3)11-6-14-12-7-13-5-4-10(11)12/h4-7,14H,1-2H2,3H3. The first-order valence-electron chi connectivity index (χ1n) is 4.57. The molecule has 0 spiro atoms. The molecule has 2 aromatic heterocycles. The Morgan fingerprint density at radius 3 is 3.00 bits per heavy atom. The number of nitrogens with one attached hydrogen (secondary N) is 1. The van der Waals surface area contributed by atoms with Crippen LogP contribution in [0.2, 0.25) is 0 Å². The van der Waals surface area contributed by atoms with Crippen LogP contribution in [0.15, 0.2) is 43.6 Å². The normalized spacial score (nSPS) is 10.2. The monoisotopic (exact) mass is 200 g/mol. The van der Waals surface area contributed by atoms with Gasteiger partial charge in [0.05, 0.1) is 18.8 Å². The van der Waals surface area contributed by atoms with E-state index in [-0.39, 0.29) is 0 Å². The molecule has 76 valence electrons. The fourth-order valence-electron chi connectivity index (χ4n) is 1.50. The maximum atomic E-state index is 5.06. The Hall–Kier alpha value is -2.03. The van der Waals surface area contributed by atoms with Crippen molar-refractivity contribution in [3.8, 4) is 0 Å². The van der Waals surface area contributed by atoms with Crippen LogP contribution < -0.4 is 0 Å². The summed E-state index contributed by atoms with van der Waals surface area (Å²) in [6, 6.07) is 1.94. The maximum Gasteiger partial charge on any atom is 0.119 e. The number of ether oxygens (including phenoxy) is 1. The van der Waals surface area contributed by atoms with Crippen LogP contribution in [0.4, 0.5) is 0 Å². The molecule has 0 fully saturated rings. The van der Waals surface area contributed by atoms with Crippen LogP contribution in [-0.4, -0.2) is 17.1 Å². The summed E-state index contributed by atoms with van der Waals surface area (Å²) in [7, 11) is 1.59. The number of hydrogen-bond donors (Lipinski definition) is 1. The highest BCUT2D eigenvalue weighted by Gasteiger charge is 2.09. The van der Waals surface area contributed by atoms with Crippen LogP contribution in [0.1, 0.15) is 5.56 Å². The smallest absolute Gasteiger partial charge is 0.119 e. The Labute approximate surface area is 88.1 Å². The van der Waals surface area contributed by atoms with Gasteiger partial charge in [0.15, 0.2) is 0 Å². The molecule has 0 unspecified atom stereocenters. The molecular weight excluding hydrogens is 188 g/mol. The number of hydrogen-bond acceptors (Lipinski definition) is 2. The highest BCUT2D eigenvalue weighted by atomic mass is 16.5. The van der Waals surface area contributed by atoms with E-state index in [0.29, 0.717) is 5.76 Å². The average molecular weight is 200 g/mol. The summed E-state index contributed by atoms with van der Waals surface area (Å²) in [5.74, 6) is 0.577. The summed E-state index contributed by atoms with van der Waals surface area (Å²) in [5, 5.41) is 1.08. The number of allylic oxidation sites excluding steroid dienone is 1. The third-order valence-corrected chi connectivity index (χ3v) is 2.39. The van der Waals surface area contributed by atoms with Crippen molar-refractivity contribution < 1.29 is 4.74 Å². The summed E-state index contributed by atoms with van der Waals surface area (Å²) in [5.41, 5.74) is 2.77. The first kappa shape index (κ1) is 9.52. The van der Waals surface area contributed by atoms with E-state index in [9.17, 15) is 0 Å². The van der Waals surface area contributed by atoms with Gasteiger partial charge in [0, 0.05) is 28.9 Å². The van der Waals surface area contributed by atoms with Gasteiger partial charge in [-0.1, -0.05) is 13.2 Å². The lowest BCUT2D eigenvalue weighted by molar-refractivity contribution is 0.313. The van der Waals surface area contributed by atoms with Crippen LogP contribution >= 0.6 is 0 Å². The lowest BCUT2D eigenvalue weighted by atomic mass is 10.1. The third kappa shape index (κ3) is 1.52. The molecule has 0 saturated carbocycles. The van der Waals surface area contributed by atoms with E-state index < -0.39 is 0 Å². The molecule has 0 saturated heterocycles. The lowest BCUT2D eigenvalue weighted by Crippen LogP contribution is -1.88. The van der Waals surface area contributed by atoms with Crippen molar-refractivity contribution in [2.45, 2.75) is 0 Å².